The maximum Gasteiger partial charge on any atom is 0.418 e. The predicted octanol–water partition coefficient (Wildman–Crippen LogP) is 4.93. The Morgan fingerprint density at radius 1 is 0.897 bits per heavy atom. The first kappa shape index (κ1) is 18.5. The van der Waals surface area contributed by atoms with Crippen molar-refractivity contribution >= 4 is 11.6 Å². The van der Waals surface area contributed by atoms with Gasteiger partial charge in [0.2, 0.25) is 0 Å². The zero-order valence-electron chi connectivity index (χ0n) is 15.0. The number of halogens is 3. The Balaban J connectivity index is 1.65. The average molecular weight is 396 g/mol. The molecule has 0 saturated heterocycles. The molecular weight excluding hydrogens is 381 g/mol. The molecule has 0 saturated carbocycles. The molecule has 0 aliphatic carbocycles. The maximum absolute atomic E-state index is 13.6. The summed E-state index contributed by atoms with van der Waals surface area (Å²) in [6.45, 7) is 0. The largest absolute Gasteiger partial charge is 0.418 e. The lowest BCUT2D eigenvalue weighted by molar-refractivity contribution is -0.136. The fourth-order valence-electron chi connectivity index (χ4n) is 2.95. The third-order valence-corrected chi connectivity index (χ3v) is 4.34. The van der Waals surface area contributed by atoms with Gasteiger partial charge in [0.05, 0.1) is 16.9 Å². The summed E-state index contributed by atoms with van der Waals surface area (Å²) in [5.41, 5.74) is -0.0340. The van der Waals surface area contributed by atoms with Crippen LogP contribution in [-0.4, -0.2) is 20.3 Å². The number of benzene rings is 2. The van der Waals surface area contributed by atoms with Gasteiger partial charge in [-0.05, 0) is 54.6 Å². The number of aromatic nitrogens is 3. The first-order chi connectivity index (χ1) is 13.9. The molecule has 29 heavy (non-hydrogen) atoms. The number of rotatable bonds is 4. The smallest absolute Gasteiger partial charge is 0.324 e. The van der Waals surface area contributed by atoms with Crippen molar-refractivity contribution in [2.24, 2.45) is 0 Å². The minimum absolute atomic E-state index is 0.245. The van der Waals surface area contributed by atoms with Crippen molar-refractivity contribution in [3.8, 4) is 11.4 Å². The molecule has 0 unspecified atom stereocenters. The van der Waals surface area contributed by atoms with Gasteiger partial charge in [-0.15, -0.1) is 0 Å². The topological polar surface area (TPSA) is 51.9 Å². The highest BCUT2D eigenvalue weighted by atomic mass is 19.4. The minimum Gasteiger partial charge on any atom is -0.324 e. The molecular formula is C21H15F3N4O. The quantitative estimate of drug-likeness (QED) is 0.532. The van der Waals surface area contributed by atoms with Crippen LogP contribution in [0.1, 0.15) is 15.9 Å². The average Bonchev–Trinajstić information content (AvgIpc) is 3.42. The van der Waals surface area contributed by atoms with E-state index in [1.54, 1.807) is 41.1 Å². The van der Waals surface area contributed by atoms with Gasteiger partial charge in [0, 0.05) is 36.0 Å². The minimum atomic E-state index is -4.64. The molecule has 8 heteroatoms. The van der Waals surface area contributed by atoms with E-state index in [1.807, 2.05) is 24.5 Å². The lowest BCUT2D eigenvalue weighted by Crippen LogP contribution is -2.17. The lowest BCUT2D eigenvalue weighted by Gasteiger charge is -2.16. The van der Waals surface area contributed by atoms with Crippen LogP contribution < -0.4 is 5.32 Å². The van der Waals surface area contributed by atoms with E-state index in [-0.39, 0.29) is 16.9 Å². The van der Waals surface area contributed by atoms with Gasteiger partial charge in [0.15, 0.2) is 0 Å². The van der Waals surface area contributed by atoms with Crippen molar-refractivity contribution < 1.29 is 18.0 Å². The summed E-state index contributed by atoms with van der Waals surface area (Å²) in [6.07, 6.45) is 2.00. The third-order valence-electron chi connectivity index (χ3n) is 4.34. The number of hydrogen-bond acceptors (Lipinski definition) is 2. The molecule has 2 aromatic carbocycles. The van der Waals surface area contributed by atoms with E-state index in [1.165, 1.54) is 23.0 Å². The van der Waals surface area contributed by atoms with Crippen LogP contribution in [-0.2, 0) is 6.18 Å². The summed E-state index contributed by atoms with van der Waals surface area (Å²) >= 11 is 0. The van der Waals surface area contributed by atoms with Gasteiger partial charge in [-0.2, -0.15) is 18.3 Å². The van der Waals surface area contributed by atoms with E-state index in [9.17, 15) is 18.0 Å². The summed E-state index contributed by atoms with van der Waals surface area (Å²) in [4.78, 5) is 12.6. The molecule has 146 valence electrons. The predicted molar refractivity (Wildman–Crippen MR) is 102 cm³/mol. The Bertz CT molecular complexity index is 1130. The Morgan fingerprint density at radius 2 is 1.69 bits per heavy atom. The van der Waals surface area contributed by atoms with Gasteiger partial charge in [0.25, 0.3) is 5.91 Å². The lowest BCUT2D eigenvalue weighted by atomic mass is 10.1. The fraction of sp³-hybridized carbons (Fsp3) is 0.0476. The van der Waals surface area contributed by atoms with Crippen molar-refractivity contribution in [2.75, 3.05) is 5.32 Å². The maximum atomic E-state index is 13.6. The second-order valence-electron chi connectivity index (χ2n) is 6.27. The van der Waals surface area contributed by atoms with Crippen LogP contribution in [0.5, 0.6) is 0 Å². The Labute approximate surface area is 164 Å². The highest BCUT2D eigenvalue weighted by Gasteiger charge is 2.34. The van der Waals surface area contributed by atoms with Crippen molar-refractivity contribution in [2.45, 2.75) is 6.18 Å². The summed E-state index contributed by atoms with van der Waals surface area (Å²) in [6, 6.07) is 15.6. The normalized spacial score (nSPS) is 11.4. The van der Waals surface area contributed by atoms with Crippen LogP contribution in [0.4, 0.5) is 18.9 Å². The van der Waals surface area contributed by atoms with Crippen molar-refractivity contribution in [3.05, 3.63) is 96.6 Å². The van der Waals surface area contributed by atoms with E-state index in [0.29, 0.717) is 0 Å². The molecule has 0 aliphatic rings. The molecule has 5 nitrogen and oxygen atoms in total. The highest BCUT2D eigenvalue weighted by molar-refractivity contribution is 6.05. The van der Waals surface area contributed by atoms with Crippen molar-refractivity contribution in [1.29, 1.82) is 0 Å². The number of anilines is 1. The van der Waals surface area contributed by atoms with Gasteiger partial charge >= 0.3 is 6.18 Å². The number of carbonyl (C=O) groups is 1. The molecule has 2 aromatic heterocycles. The van der Waals surface area contributed by atoms with Crippen LogP contribution in [0.3, 0.4) is 0 Å². The van der Waals surface area contributed by atoms with E-state index in [4.69, 9.17) is 0 Å². The first-order valence-electron chi connectivity index (χ1n) is 8.68. The van der Waals surface area contributed by atoms with Crippen molar-refractivity contribution in [3.63, 3.8) is 0 Å². The molecule has 0 radical (unpaired) electrons. The van der Waals surface area contributed by atoms with Gasteiger partial charge in [-0.1, -0.05) is 6.07 Å². The van der Waals surface area contributed by atoms with Crippen molar-refractivity contribution in [1.82, 2.24) is 14.3 Å². The Kier molecular flexibility index (Phi) is 4.67. The van der Waals surface area contributed by atoms with Crippen LogP contribution in [0.25, 0.3) is 11.4 Å². The van der Waals surface area contributed by atoms with Crippen LogP contribution in [0.2, 0.25) is 0 Å². The van der Waals surface area contributed by atoms with Crippen LogP contribution >= 0.6 is 0 Å². The van der Waals surface area contributed by atoms with Gasteiger partial charge in [0.1, 0.15) is 0 Å². The molecule has 0 bridgehead atoms. The van der Waals surface area contributed by atoms with E-state index in [2.05, 4.69) is 10.4 Å². The molecule has 4 aromatic rings. The van der Waals surface area contributed by atoms with E-state index < -0.39 is 17.6 Å². The monoisotopic (exact) mass is 396 g/mol. The summed E-state index contributed by atoms with van der Waals surface area (Å²) in [5, 5.41) is 6.32. The van der Waals surface area contributed by atoms with Crippen LogP contribution in [0.15, 0.2) is 85.5 Å². The van der Waals surface area contributed by atoms with E-state index in [0.717, 1.165) is 11.8 Å². The van der Waals surface area contributed by atoms with Crippen LogP contribution in [0, 0.1) is 0 Å². The number of nitrogens with one attached hydrogen (secondary N) is 1. The number of amides is 1. The second kappa shape index (κ2) is 7.31. The summed E-state index contributed by atoms with van der Waals surface area (Å²) in [7, 11) is 0. The molecule has 0 atom stereocenters. The molecule has 0 spiro atoms. The zero-order valence-corrected chi connectivity index (χ0v) is 15.0. The Morgan fingerprint density at radius 3 is 2.38 bits per heavy atom. The summed E-state index contributed by atoms with van der Waals surface area (Å²) in [5.74, 6) is -0.628. The first-order valence-corrected chi connectivity index (χ1v) is 8.68. The molecule has 0 aliphatic heterocycles. The molecule has 4 rings (SSSR count). The fourth-order valence-corrected chi connectivity index (χ4v) is 2.95. The highest BCUT2D eigenvalue weighted by Crippen LogP contribution is 2.36. The zero-order chi connectivity index (χ0) is 20.4. The molecule has 1 amide bonds. The standard InChI is InChI=1S/C21H15F3N4O/c22-21(23,24)18-14-17(28-12-4-9-25-28)7-8-19(18)26-20(29)15-5-3-6-16(13-15)27-10-1-2-11-27/h1-14H,(H,26,29). The second-order valence-corrected chi connectivity index (χ2v) is 6.27. The number of hydrogen-bond donors (Lipinski definition) is 1. The number of alkyl halides is 3. The molecule has 0 fully saturated rings. The number of carbonyl (C=O) groups excluding carboxylic acids is 1. The van der Waals surface area contributed by atoms with Gasteiger partial charge in [-0.25, -0.2) is 4.68 Å². The SMILES string of the molecule is O=C(Nc1ccc(-n2cccn2)cc1C(F)(F)F)c1cccc(-n2cccc2)c1. The molecule has 1 N–H and O–H groups in total. The third kappa shape index (κ3) is 3.91. The summed E-state index contributed by atoms with van der Waals surface area (Å²) < 4.78 is 43.9. The van der Waals surface area contributed by atoms with Gasteiger partial charge < -0.3 is 9.88 Å². The molecule has 2 heterocycles. The number of nitrogens with zero attached hydrogens (tertiary/aromatic N) is 3. The van der Waals surface area contributed by atoms with E-state index >= 15 is 0 Å². The Hall–Kier alpha value is -3.81. The van der Waals surface area contributed by atoms with Gasteiger partial charge in [-0.3, -0.25) is 4.79 Å².